The lowest BCUT2D eigenvalue weighted by Crippen LogP contribution is -2.51. The van der Waals surface area contributed by atoms with Gasteiger partial charge in [-0.1, -0.05) is 24.3 Å². The maximum Gasteiger partial charge on any atom is 0.240 e. The molecular formula is C23H27FN2O5S. The zero-order valence-electron chi connectivity index (χ0n) is 17.6. The van der Waals surface area contributed by atoms with Gasteiger partial charge in [0.2, 0.25) is 15.9 Å². The van der Waals surface area contributed by atoms with E-state index in [0.717, 1.165) is 24.1 Å². The van der Waals surface area contributed by atoms with E-state index in [0.29, 0.717) is 25.9 Å². The van der Waals surface area contributed by atoms with Crippen molar-refractivity contribution in [2.45, 2.75) is 55.4 Å². The summed E-state index contributed by atoms with van der Waals surface area (Å²) in [6.07, 6.45) is 0.772. The minimum absolute atomic E-state index is 0.00784. The molecule has 0 bridgehead atoms. The molecule has 0 radical (unpaired) electrons. The number of carbonyl (C=O) groups excluding carboxylic acids is 1. The van der Waals surface area contributed by atoms with E-state index in [4.69, 9.17) is 4.74 Å². The first-order chi connectivity index (χ1) is 15.4. The van der Waals surface area contributed by atoms with E-state index in [2.05, 4.69) is 10.8 Å². The molecule has 2 aromatic rings. The summed E-state index contributed by atoms with van der Waals surface area (Å²) in [4.78, 5) is 14.6. The number of rotatable bonds is 6. The van der Waals surface area contributed by atoms with Crippen LogP contribution in [0.3, 0.4) is 0 Å². The molecule has 7 nitrogen and oxygen atoms in total. The summed E-state index contributed by atoms with van der Waals surface area (Å²) in [5.41, 5.74) is 2.42. The summed E-state index contributed by atoms with van der Waals surface area (Å²) in [5, 5.41) is 9.77. The van der Waals surface area contributed by atoms with Crippen molar-refractivity contribution in [3.63, 3.8) is 0 Å². The molecule has 2 aromatic carbocycles. The largest absolute Gasteiger partial charge is 0.394 e. The Morgan fingerprint density at radius 1 is 1.12 bits per heavy atom. The smallest absolute Gasteiger partial charge is 0.240 e. The van der Waals surface area contributed by atoms with Crippen LogP contribution in [-0.2, 0) is 32.5 Å². The first kappa shape index (κ1) is 22.8. The van der Waals surface area contributed by atoms with Crippen LogP contribution in [0.25, 0.3) is 0 Å². The second-order valence-electron chi connectivity index (χ2n) is 8.28. The Labute approximate surface area is 187 Å². The van der Waals surface area contributed by atoms with Crippen LogP contribution in [-0.4, -0.2) is 55.7 Å². The number of amides is 1. The third-order valence-corrected chi connectivity index (χ3v) is 7.62. The first-order valence-electron chi connectivity index (χ1n) is 10.7. The predicted octanol–water partition coefficient (Wildman–Crippen LogP) is 1.99. The summed E-state index contributed by atoms with van der Waals surface area (Å²) in [6, 6.07) is 12.0. The van der Waals surface area contributed by atoms with Gasteiger partial charge < -0.3 is 14.7 Å². The van der Waals surface area contributed by atoms with Crippen LogP contribution in [0.4, 0.5) is 4.39 Å². The fraction of sp³-hybridized carbons (Fsp3) is 0.435. The zero-order chi connectivity index (χ0) is 22.7. The highest BCUT2D eigenvalue weighted by atomic mass is 32.2. The second kappa shape index (κ2) is 9.66. The molecule has 172 valence electrons. The molecule has 0 spiro atoms. The van der Waals surface area contributed by atoms with Gasteiger partial charge >= 0.3 is 0 Å². The number of halogens is 1. The molecule has 2 aliphatic rings. The van der Waals surface area contributed by atoms with Gasteiger partial charge in [-0.2, -0.15) is 0 Å². The molecule has 0 aromatic heterocycles. The second-order valence-corrected chi connectivity index (χ2v) is 9.99. The molecule has 9 heteroatoms. The molecule has 0 saturated carbocycles. The number of sulfonamides is 1. The molecule has 1 fully saturated rings. The van der Waals surface area contributed by atoms with Crippen LogP contribution in [0.1, 0.15) is 30.4 Å². The van der Waals surface area contributed by atoms with Gasteiger partial charge in [0.25, 0.3) is 0 Å². The fourth-order valence-electron chi connectivity index (χ4n) is 4.33. The molecule has 0 aliphatic carbocycles. The van der Waals surface area contributed by atoms with E-state index < -0.39 is 28.0 Å². The number of fused-ring (bicyclic) bond motifs is 1. The van der Waals surface area contributed by atoms with Crippen molar-refractivity contribution < 1.29 is 27.4 Å². The zero-order valence-corrected chi connectivity index (χ0v) is 18.4. The molecular weight excluding hydrogens is 435 g/mol. The lowest BCUT2D eigenvalue weighted by atomic mass is 9.96. The van der Waals surface area contributed by atoms with Crippen molar-refractivity contribution >= 4 is 15.9 Å². The third-order valence-electron chi connectivity index (χ3n) is 6.11. The topological polar surface area (TPSA) is 95.9 Å². The SMILES string of the molecule is O=C(C[C@@H]1CC[C@@H](NS(=O)(=O)c2ccc(F)cc2)[C@H](CO)O1)N1CCc2ccccc2C1. The first-order valence-corrected chi connectivity index (χ1v) is 12.2. The average molecular weight is 463 g/mol. The minimum atomic E-state index is -3.89. The molecule has 3 atom stereocenters. The number of aliphatic hydroxyl groups is 1. The number of nitrogens with zero attached hydrogens (tertiary/aromatic N) is 1. The summed E-state index contributed by atoms with van der Waals surface area (Å²) < 4.78 is 46.8. The van der Waals surface area contributed by atoms with Gasteiger partial charge in [0.05, 0.1) is 36.2 Å². The van der Waals surface area contributed by atoms with Crippen LogP contribution in [0, 0.1) is 5.82 Å². The van der Waals surface area contributed by atoms with E-state index in [9.17, 15) is 22.7 Å². The Kier molecular flexibility index (Phi) is 6.90. The number of carbonyl (C=O) groups is 1. The average Bonchev–Trinajstić information content (AvgIpc) is 2.79. The monoisotopic (exact) mass is 462 g/mol. The van der Waals surface area contributed by atoms with Gasteiger partial charge in [0.15, 0.2) is 0 Å². The van der Waals surface area contributed by atoms with Gasteiger partial charge in [0, 0.05) is 13.1 Å². The van der Waals surface area contributed by atoms with Crippen molar-refractivity contribution in [2.75, 3.05) is 13.2 Å². The number of aliphatic hydroxyl groups excluding tert-OH is 1. The summed E-state index contributed by atoms with van der Waals surface area (Å²) >= 11 is 0. The van der Waals surface area contributed by atoms with Crippen LogP contribution in [0.5, 0.6) is 0 Å². The highest BCUT2D eigenvalue weighted by Crippen LogP contribution is 2.26. The Morgan fingerprint density at radius 2 is 1.84 bits per heavy atom. The van der Waals surface area contributed by atoms with Gasteiger partial charge in [-0.15, -0.1) is 0 Å². The molecule has 2 heterocycles. The Morgan fingerprint density at radius 3 is 2.56 bits per heavy atom. The van der Waals surface area contributed by atoms with E-state index >= 15 is 0 Å². The number of hydrogen-bond acceptors (Lipinski definition) is 5. The van der Waals surface area contributed by atoms with Crippen LogP contribution >= 0.6 is 0 Å². The predicted molar refractivity (Wildman–Crippen MR) is 116 cm³/mol. The normalized spacial score (nSPS) is 23.6. The van der Waals surface area contributed by atoms with E-state index in [1.54, 1.807) is 0 Å². The van der Waals surface area contributed by atoms with Crippen molar-refractivity contribution in [3.05, 3.63) is 65.5 Å². The number of hydrogen-bond donors (Lipinski definition) is 2. The molecule has 4 rings (SSSR count). The van der Waals surface area contributed by atoms with Gasteiger partial charge in [-0.25, -0.2) is 17.5 Å². The maximum atomic E-state index is 13.1. The Hall–Kier alpha value is -2.33. The molecule has 1 amide bonds. The molecule has 32 heavy (non-hydrogen) atoms. The third kappa shape index (κ3) is 5.17. The highest BCUT2D eigenvalue weighted by Gasteiger charge is 2.35. The molecule has 2 N–H and O–H groups in total. The lowest BCUT2D eigenvalue weighted by Gasteiger charge is -2.37. The summed E-state index contributed by atoms with van der Waals surface area (Å²) in [5.74, 6) is -0.533. The van der Waals surface area contributed by atoms with Crippen LogP contribution < -0.4 is 4.72 Å². The van der Waals surface area contributed by atoms with Gasteiger partial charge in [-0.3, -0.25) is 4.79 Å². The molecule has 2 aliphatic heterocycles. The standard InChI is InChI=1S/C23H27FN2O5S/c24-18-5-8-20(9-6-18)32(29,30)25-21-10-7-19(31-22(21)15-27)13-23(28)26-12-11-16-3-1-2-4-17(16)14-26/h1-6,8-9,19,21-22,25,27H,7,10-15H2/t19-,21+,22-/m0/s1. The Balaban J connectivity index is 1.34. The van der Waals surface area contributed by atoms with E-state index in [1.165, 1.54) is 17.7 Å². The van der Waals surface area contributed by atoms with Crippen molar-refractivity contribution in [3.8, 4) is 0 Å². The Bertz CT molecular complexity index is 1060. The van der Waals surface area contributed by atoms with E-state index in [-0.39, 0.29) is 29.9 Å². The van der Waals surface area contributed by atoms with Crippen molar-refractivity contribution in [2.24, 2.45) is 0 Å². The molecule has 0 unspecified atom stereocenters. The quantitative estimate of drug-likeness (QED) is 0.685. The summed E-state index contributed by atoms with van der Waals surface area (Å²) in [6.45, 7) is 0.857. The van der Waals surface area contributed by atoms with Crippen molar-refractivity contribution in [1.29, 1.82) is 0 Å². The maximum absolute atomic E-state index is 13.1. The van der Waals surface area contributed by atoms with Crippen molar-refractivity contribution in [1.82, 2.24) is 9.62 Å². The van der Waals surface area contributed by atoms with Crippen LogP contribution in [0.2, 0.25) is 0 Å². The number of benzene rings is 2. The molecule has 1 saturated heterocycles. The summed E-state index contributed by atoms with van der Waals surface area (Å²) in [7, 11) is -3.89. The lowest BCUT2D eigenvalue weighted by molar-refractivity contribution is -0.140. The highest BCUT2D eigenvalue weighted by molar-refractivity contribution is 7.89. The minimum Gasteiger partial charge on any atom is -0.394 e. The van der Waals surface area contributed by atoms with Gasteiger partial charge in [-0.05, 0) is 54.7 Å². The van der Waals surface area contributed by atoms with Crippen LogP contribution in [0.15, 0.2) is 53.4 Å². The van der Waals surface area contributed by atoms with Gasteiger partial charge in [0.1, 0.15) is 5.82 Å². The van der Waals surface area contributed by atoms with E-state index in [1.807, 2.05) is 23.1 Å². The fourth-order valence-corrected chi connectivity index (χ4v) is 5.63. The number of ether oxygens (including phenoxy) is 1. The number of nitrogens with one attached hydrogen (secondary N) is 1.